The van der Waals surface area contributed by atoms with Crippen molar-refractivity contribution in [3.8, 4) is 0 Å². The minimum Gasteiger partial charge on any atom is -0.272 e. The highest BCUT2D eigenvalue weighted by Crippen LogP contribution is 2.46. The summed E-state index contributed by atoms with van der Waals surface area (Å²) >= 11 is 3.46. The summed E-state index contributed by atoms with van der Waals surface area (Å²) in [5.74, 6) is -0.0834. The van der Waals surface area contributed by atoms with Crippen LogP contribution in [0.5, 0.6) is 0 Å². The summed E-state index contributed by atoms with van der Waals surface area (Å²) in [6.45, 7) is 5.41. The molecule has 3 heteroatoms. The molecule has 0 atom stereocenters. The topological polar surface area (TPSA) is 29.4 Å². The summed E-state index contributed by atoms with van der Waals surface area (Å²) in [6, 6.07) is 6.07. The average Bonchev–Trinajstić information content (AvgIpc) is 2.21. The van der Waals surface area contributed by atoms with E-state index in [0.29, 0.717) is 0 Å². The van der Waals surface area contributed by atoms with Gasteiger partial charge in [-0.05, 0) is 49.7 Å². The van der Waals surface area contributed by atoms with Gasteiger partial charge in [0.2, 0.25) is 0 Å². The number of benzene rings is 1. The van der Waals surface area contributed by atoms with Crippen LogP contribution in [-0.4, -0.2) is 12.6 Å². The Bertz CT molecular complexity index is 449. The van der Waals surface area contributed by atoms with Gasteiger partial charge in [0.25, 0.3) is 5.91 Å². The molecule has 1 amide bonds. The smallest absolute Gasteiger partial charge is 0.255 e. The molecule has 0 saturated heterocycles. The van der Waals surface area contributed by atoms with Crippen LogP contribution in [0.3, 0.4) is 0 Å². The Hall–Kier alpha value is -0.960. The summed E-state index contributed by atoms with van der Waals surface area (Å²) < 4.78 is 1.01. The summed E-state index contributed by atoms with van der Waals surface area (Å²) in [6.07, 6.45) is 2.87. The number of halogens is 1. The van der Waals surface area contributed by atoms with E-state index in [1.165, 1.54) is 0 Å². The largest absolute Gasteiger partial charge is 0.272 e. The fourth-order valence-electron chi connectivity index (χ4n) is 2.39. The zero-order chi connectivity index (χ0) is 11.8. The van der Waals surface area contributed by atoms with Gasteiger partial charge in [-0.2, -0.15) is 0 Å². The van der Waals surface area contributed by atoms with E-state index < -0.39 is 5.41 Å². The summed E-state index contributed by atoms with van der Waals surface area (Å²) in [5.41, 5.74) is 1.86. The number of amides is 1. The number of aryl methyl sites for hydroxylation is 1. The van der Waals surface area contributed by atoms with Crippen LogP contribution in [0, 0.1) is 6.92 Å². The molecule has 16 heavy (non-hydrogen) atoms. The molecule has 0 bridgehead atoms. The van der Waals surface area contributed by atoms with Crippen molar-refractivity contribution in [3.05, 3.63) is 33.8 Å². The molecule has 2 nitrogen and oxygen atoms in total. The number of aliphatic imine (C=N–C) groups is 1. The summed E-state index contributed by atoms with van der Waals surface area (Å²) in [7, 11) is 0. The third-order valence-electron chi connectivity index (χ3n) is 3.48. The minimum absolute atomic E-state index is 0.0834. The maximum atomic E-state index is 11.9. The lowest BCUT2D eigenvalue weighted by atomic mass is 9.63. The van der Waals surface area contributed by atoms with Crippen molar-refractivity contribution in [3.63, 3.8) is 0 Å². The highest BCUT2D eigenvalue weighted by atomic mass is 79.9. The van der Waals surface area contributed by atoms with E-state index in [1.807, 2.05) is 25.1 Å². The molecular formula is C13H14BrNO. The minimum atomic E-state index is -0.393. The van der Waals surface area contributed by atoms with Gasteiger partial charge in [-0.1, -0.05) is 28.4 Å². The molecule has 1 aliphatic rings. The lowest BCUT2D eigenvalue weighted by Crippen LogP contribution is -2.42. The second-order valence-corrected chi connectivity index (χ2v) is 5.27. The molecule has 0 unspecified atom stereocenters. The highest BCUT2D eigenvalue weighted by molar-refractivity contribution is 9.10. The molecule has 0 heterocycles. The summed E-state index contributed by atoms with van der Waals surface area (Å²) in [5, 5.41) is 0. The first kappa shape index (κ1) is 11.5. The van der Waals surface area contributed by atoms with Crippen molar-refractivity contribution in [2.45, 2.75) is 31.6 Å². The maximum Gasteiger partial charge on any atom is 0.255 e. The second-order valence-electron chi connectivity index (χ2n) is 4.36. The van der Waals surface area contributed by atoms with Crippen LogP contribution in [0.4, 0.5) is 0 Å². The predicted octanol–water partition coefficient (Wildman–Crippen LogP) is 3.41. The van der Waals surface area contributed by atoms with Gasteiger partial charge in [-0.15, -0.1) is 0 Å². The first-order chi connectivity index (χ1) is 7.60. The predicted molar refractivity (Wildman–Crippen MR) is 69.0 cm³/mol. The monoisotopic (exact) mass is 279 g/mol. The molecule has 84 valence electrons. The Labute approximate surface area is 104 Å². The molecule has 2 rings (SSSR count). The number of nitrogens with zero attached hydrogens (tertiary/aromatic N) is 1. The number of rotatable bonds is 2. The zero-order valence-electron chi connectivity index (χ0n) is 9.29. The van der Waals surface area contributed by atoms with E-state index in [-0.39, 0.29) is 5.91 Å². The first-order valence-corrected chi connectivity index (χ1v) is 6.17. The van der Waals surface area contributed by atoms with E-state index in [4.69, 9.17) is 0 Å². The number of hydrogen-bond acceptors (Lipinski definition) is 1. The van der Waals surface area contributed by atoms with Gasteiger partial charge in [0.1, 0.15) is 0 Å². The van der Waals surface area contributed by atoms with E-state index >= 15 is 0 Å². The van der Waals surface area contributed by atoms with Crippen LogP contribution in [0.15, 0.2) is 27.7 Å². The Balaban J connectivity index is 2.52. The normalized spacial score (nSPS) is 17.6. The van der Waals surface area contributed by atoms with Gasteiger partial charge in [0, 0.05) is 4.47 Å². The van der Waals surface area contributed by atoms with Crippen LogP contribution in [0.2, 0.25) is 0 Å². The van der Waals surface area contributed by atoms with Crippen molar-refractivity contribution < 1.29 is 4.79 Å². The zero-order valence-corrected chi connectivity index (χ0v) is 10.9. The third-order valence-corrected chi connectivity index (χ3v) is 3.97. The Morgan fingerprint density at radius 3 is 2.69 bits per heavy atom. The van der Waals surface area contributed by atoms with Crippen molar-refractivity contribution in [1.82, 2.24) is 0 Å². The van der Waals surface area contributed by atoms with Gasteiger partial charge in [0.05, 0.1) is 5.41 Å². The molecule has 1 aliphatic carbocycles. The Morgan fingerprint density at radius 1 is 1.50 bits per heavy atom. The number of carbonyl (C=O) groups is 1. The fourth-order valence-corrected chi connectivity index (χ4v) is 2.75. The Morgan fingerprint density at radius 2 is 2.19 bits per heavy atom. The van der Waals surface area contributed by atoms with Crippen LogP contribution >= 0.6 is 15.9 Å². The van der Waals surface area contributed by atoms with Crippen LogP contribution in [-0.2, 0) is 10.2 Å². The average molecular weight is 280 g/mol. The molecule has 1 saturated carbocycles. The maximum absolute atomic E-state index is 11.9. The first-order valence-electron chi connectivity index (χ1n) is 5.38. The lowest BCUT2D eigenvalue weighted by molar-refractivity contribution is -0.126. The van der Waals surface area contributed by atoms with Gasteiger partial charge in [-0.25, -0.2) is 4.99 Å². The lowest BCUT2D eigenvalue weighted by Gasteiger charge is -2.40. The fraction of sp³-hybridized carbons (Fsp3) is 0.385. The van der Waals surface area contributed by atoms with Crippen molar-refractivity contribution in [1.29, 1.82) is 0 Å². The van der Waals surface area contributed by atoms with Crippen LogP contribution < -0.4 is 0 Å². The van der Waals surface area contributed by atoms with Gasteiger partial charge in [0.15, 0.2) is 0 Å². The van der Waals surface area contributed by atoms with Gasteiger partial charge >= 0.3 is 0 Å². The molecule has 1 fully saturated rings. The second kappa shape index (κ2) is 4.13. The van der Waals surface area contributed by atoms with E-state index in [1.54, 1.807) is 0 Å². The number of hydrogen-bond donors (Lipinski definition) is 0. The molecule has 0 N–H and O–H groups in total. The third kappa shape index (κ3) is 1.63. The molecule has 0 aliphatic heterocycles. The molecular weight excluding hydrogens is 266 g/mol. The SMILES string of the molecule is C=NC(=O)C1(c2cc(Br)ccc2C)CCC1. The molecule has 0 aromatic heterocycles. The standard InChI is InChI=1S/C13H14BrNO/c1-9-4-5-10(14)8-11(9)13(6-3-7-13)12(16)15-2/h4-5,8H,2-3,6-7H2,1H3. The van der Waals surface area contributed by atoms with Crippen LogP contribution in [0.25, 0.3) is 0 Å². The van der Waals surface area contributed by atoms with E-state index in [2.05, 4.69) is 27.6 Å². The van der Waals surface area contributed by atoms with Crippen molar-refractivity contribution in [2.24, 2.45) is 4.99 Å². The molecule has 0 radical (unpaired) electrons. The van der Waals surface area contributed by atoms with Crippen molar-refractivity contribution >= 4 is 28.6 Å². The number of carbonyl (C=O) groups excluding carboxylic acids is 1. The molecule has 1 aromatic rings. The van der Waals surface area contributed by atoms with Crippen molar-refractivity contribution in [2.75, 3.05) is 0 Å². The van der Waals surface area contributed by atoms with E-state index in [0.717, 1.165) is 34.9 Å². The van der Waals surface area contributed by atoms with Crippen LogP contribution in [0.1, 0.15) is 30.4 Å². The Kier molecular flexibility index (Phi) is 2.98. The summed E-state index contributed by atoms with van der Waals surface area (Å²) in [4.78, 5) is 15.6. The van der Waals surface area contributed by atoms with E-state index in [9.17, 15) is 4.79 Å². The van der Waals surface area contributed by atoms with Gasteiger partial charge in [-0.3, -0.25) is 4.79 Å². The van der Waals surface area contributed by atoms with Gasteiger partial charge < -0.3 is 0 Å². The quantitative estimate of drug-likeness (QED) is 0.763. The molecule has 0 spiro atoms. The highest BCUT2D eigenvalue weighted by Gasteiger charge is 2.46. The molecule has 1 aromatic carbocycles.